The molecular weight excluding hydrogens is 248 g/mol. The Morgan fingerprint density at radius 1 is 1.20 bits per heavy atom. The Morgan fingerprint density at radius 2 is 1.95 bits per heavy atom. The second kappa shape index (κ2) is 10.1. The quantitative estimate of drug-likeness (QED) is 0.414. The van der Waals surface area contributed by atoms with Crippen LogP contribution in [0.15, 0.2) is 35.3 Å². The van der Waals surface area contributed by atoms with Gasteiger partial charge in [0, 0.05) is 31.9 Å². The van der Waals surface area contributed by atoms with Gasteiger partial charge in [-0.15, -0.1) is 0 Å². The first kappa shape index (κ1) is 16.3. The molecule has 0 spiro atoms. The number of unbranched alkanes of at least 4 members (excludes halogenated alkanes) is 1. The van der Waals surface area contributed by atoms with E-state index in [1.807, 2.05) is 6.07 Å². The Bertz CT molecular complexity index is 375. The fraction of sp³-hybridized carbons (Fsp3) is 0.562. The van der Waals surface area contributed by atoms with Crippen LogP contribution in [0.2, 0.25) is 0 Å². The number of para-hydroxylation sites is 1. The van der Waals surface area contributed by atoms with Crippen LogP contribution in [0.25, 0.3) is 0 Å². The highest BCUT2D eigenvalue weighted by molar-refractivity contribution is 5.77. The van der Waals surface area contributed by atoms with Crippen LogP contribution in [-0.4, -0.2) is 32.1 Å². The maximum Gasteiger partial charge on any atom is 0.188 e. The van der Waals surface area contributed by atoms with Crippen molar-refractivity contribution in [1.82, 2.24) is 5.32 Å². The molecule has 3 N–H and O–H groups in total. The first-order chi connectivity index (χ1) is 9.77. The highest BCUT2D eigenvalue weighted by Crippen LogP contribution is 2.12. The zero-order chi connectivity index (χ0) is 14.6. The van der Waals surface area contributed by atoms with Gasteiger partial charge in [-0.3, -0.25) is 4.99 Å². The fourth-order valence-corrected chi connectivity index (χ4v) is 2.02. The molecule has 0 saturated heterocycles. The lowest BCUT2D eigenvalue weighted by Gasteiger charge is -2.22. The molecule has 20 heavy (non-hydrogen) atoms. The fourth-order valence-electron chi connectivity index (χ4n) is 2.02. The third-order valence-electron chi connectivity index (χ3n) is 3.21. The Kier molecular flexibility index (Phi) is 8.27. The summed E-state index contributed by atoms with van der Waals surface area (Å²) in [5.74, 6) is 0.571. The summed E-state index contributed by atoms with van der Waals surface area (Å²) in [4.78, 5) is 6.71. The Morgan fingerprint density at radius 3 is 2.60 bits per heavy atom. The number of guanidine groups is 1. The van der Waals surface area contributed by atoms with Crippen LogP contribution in [0.5, 0.6) is 0 Å². The molecule has 0 fully saturated rings. The lowest BCUT2D eigenvalue weighted by atomic mass is 10.2. The highest BCUT2D eigenvalue weighted by atomic mass is 15.1. The molecule has 0 aromatic heterocycles. The average Bonchev–Trinajstić information content (AvgIpc) is 2.48. The molecule has 1 aromatic rings. The molecule has 1 rings (SSSR count). The number of aliphatic imine (C=N–C) groups is 1. The number of rotatable bonds is 9. The molecule has 0 aliphatic heterocycles. The first-order valence-electron chi connectivity index (χ1n) is 7.61. The SMILES string of the molecule is CCCCNC(N)=NCCCN(CC)c1ccccc1. The number of hydrogen-bond donors (Lipinski definition) is 2. The minimum absolute atomic E-state index is 0.571. The van der Waals surface area contributed by atoms with E-state index in [0.29, 0.717) is 5.96 Å². The summed E-state index contributed by atoms with van der Waals surface area (Å²) < 4.78 is 0. The van der Waals surface area contributed by atoms with Crippen LogP contribution in [0.1, 0.15) is 33.1 Å². The molecule has 1 aromatic carbocycles. The third-order valence-corrected chi connectivity index (χ3v) is 3.21. The molecule has 0 radical (unpaired) electrons. The van der Waals surface area contributed by atoms with Gasteiger partial charge in [0.25, 0.3) is 0 Å². The summed E-state index contributed by atoms with van der Waals surface area (Å²) in [5.41, 5.74) is 7.07. The van der Waals surface area contributed by atoms with Gasteiger partial charge in [-0.2, -0.15) is 0 Å². The van der Waals surface area contributed by atoms with Gasteiger partial charge in [0.05, 0.1) is 0 Å². The van der Waals surface area contributed by atoms with E-state index in [2.05, 4.69) is 53.3 Å². The van der Waals surface area contributed by atoms with Crippen LogP contribution in [0.4, 0.5) is 5.69 Å². The van der Waals surface area contributed by atoms with Gasteiger partial charge in [0.2, 0.25) is 0 Å². The summed E-state index contributed by atoms with van der Waals surface area (Å²) in [6.45, 7) is 8.05. The maximum absolute atomic E-state index is 5.80. The molecule has 0 unspecified atom stereocenters. The molecule has 0 bridgehead atoms. The number of anilines is 1. The lowest BCUT2D eigenvalue weighted by molar-refractivity contribution is 0.733. The number of benzene rings is 1. The summed E-state index contributed by atoms with van der Waals surface area (Å²) in [6, 6.07) is 10.5. The molecule has 112 valence electrons. The smallest absolute Gasteiger partial charge is 0.188 e. The lowest BCUT2D eigenvalue weighted by Crippen LogP contribution is -2.32. The average molecular weight is 276 g/mol. The van der Waals surface area contributed by atoms with Crippen molar-refractivity contribution in [2.45, 2.75) is 33.1 Å². The van der Waals surface area contributed by atoms with Crippen LogP contribution in [0.3, 0.4) is 0 Å². The second-order valence-electron chi connectivity index (χ2n) is 4.82. The second-order valence-corrected chi connectivity index (χ2v) is 4.82. The third kappa shape index (κ3) is 6.45. The predicted octanol–water partition coefficient (Wildman–Crippen LogP) is 2.61. The van der Waals surface area contributed by atoms with Crippen LogP contribution in [-0.2, 0) is 0 Å². The number of hydrogen-bond acceptors (Lipinski definition) is 2. The zero-order valence-corrected chi connectivity index (χ0v) is 12.8. The van der Waals surface area contributed by atoms with Gasteiger partial charge >= 0.3 is 0 Å². The van der Waals surface area contributed by atoms with Crippen molar-refractivity contribution in [3.8, 4) is 0 Å². The molecule has 0 saturated carbocycles. The van der Waals surface area contributed by atoms with E-state index >= 15 is 0 Å². The summed E-state index contributed by atoms with van der Waals surface area (Å²) in [7, 11) is 0. The van der Waals surface area contributed by atoms with Crippen LogP contribution in [0, 0.1) is 0 Å². The van der Waals surface area contributed by atoms with Crippen molar-refractivity contribution >= 4 is 11.6 Å². The van der Waals surface area contributed by atoms with Crippen molar-refractivity contribution in [1.29, 1.82) is 0 Å². The van der Waals surface area contributed by atoms with E-state index in [4.69, 9.17) is 5.73 Å². The Balaban J connectivity index is 2.26. The maximum atomic E-state index is 5.80. The zero-order valence-electron chi connectivity index (χ0n) is 12.8. The van der Waals surface area contributed by atoms with Gasteiger partial charge in [0.1, 0.15) is 0 Å². The van der Waals surface area contributed by atoms with Crippen molar-refractivity contribution in [3.63, 3.8) is 0 Å². The number of nitrogens with one attached hydrogen (secondary N) is 1. The van der Waals surface area contributed by atoms with E-state index in [9.17, 15) is 0 Å². The minimum atomic E-state index is 0.571. The molecule has 0 aliphatic rings. The molecule has 0 amide bonds. The molecule has 4 heteroatoms. The number of nitrogens with two attached hydrogens (primary N) is 1. The molecule has 0 aliphatic carbocycles. The van der Waals surface area contributed by atoms with Crippen LogP contribution >= 0.6 is 0 Å². The summed E-state index contributed by atoms with van der Waals surface area (Å²) in [5, 5.41) is 3.13. The molecule has 0 heterocycles. The summed E-state index contributed by atoms with van der Waals surface area (Å²) in [6.07, 6.45) is 3.32. The van der Waals surface area contributed by atoms with E-state index in [-0.39, 0.29) is 0 Å². The normalized spacial score (nSPS) is 11.4. The van der Waals surface area contributed by atoms with E-state index in [0.717, 1.165) is 39.0 Å². The highest BCUT2D eigenvalue weighted by Gasteiger charge is 2.02. The largest absolute Gasteiger partial charge is 0.372 e. The van der Waals surface area contributed by atoms with Gasteiger partial charge in [-0.05, 0) is 31.9 Å². The van der Waals surface area contributed by atoms with E-state index < -0.39 is 0 Å². The van der Waals surface area contributed by atoms with Gasteiger partial charge in [-0.25, -0.2) is 0 Å². The standard InChI is InChI=1S/C16H28N4/c1-3-5-12-18-16(17)19-13-9-14-20(4-2)15-10-7-6-8-11-15/h6-8,10-11H,3-5,9,12-14H2,1-2H3,(H3,17,18,19). The Hall–Kier alpha value is -1.71. The molecule has 0 atom stereocenters. The van der Waals surface area contributed by atoms with Crippen LogP contribution < -0.4 is 16.0 Å². The number of nitrogens with zero attached hydrogens (tertiary/aromatic N) is 2. The van der Waals surface area contributed by atoms with Crippen molar-refractivity contribution in [2.75, 3.05) is 31.1 Å². The van der Waals surface area contributed by atoms with Gasteiger partial charge in [0.15, 0.2) is 5.96 Å². The summed E-state index contributed by atoms with van der Waals surface area (Å²) >= 11 is 0. The topological polar surface area (TPSA) is 53.6 Å². The van der Waals surface area contributed by atoms with Crippen molar-refractivity contribution in [3.05, 3.63) is 30.3 Å². The monoisotopic (exact) mass is 276 g/mol. The van der Waals surface area contributed by atoms with Gasteiger partial charge in [-0.1, -0.05) is 31.5 Å². The Labute approximate surface area is 123 Å². The van der Waals surface area contributed by atoms with Crippen molar-refractivity contribution in [2.24, 2.45) is 10.7 Å². The first-order valence-corrected chi connectivity index (χ1v) is 7.61. The molecule has 4 nitrogen and oxygen atoms in total. The van der Waals surface area contributed by atoms with E-state index in [1.165, 1.54) is 12.1 Å². The van der Waals surface area contributed by atoms with Gasteiger partial charge < -0.3 is 16.0 Å². The molecular formula is C16H28N4. The predicted molar refractivity (Wildman–Crippen MR) is 88.3 cm³/mol. The van der Waals surface area contributed by atoms with E-state index in [1.54, 1.807) is 0 Å². The van der Waals surface area contributed by atoms with Crippen molar-refractivity contribution < 1.29 is 0 Å². The minimum Gasteiger partial charge on any atom is -0.372 e.